The molecular weight excluding hydrogens is 312 g/mol. The second kappa shape index (κ2) is 6.77. The number of pyridine rings is 1. The third kappa shape index (κ3) is 3.42. The van der Waals surface area contributed by atoms with Crippen LogP contribution in [-0.2, 0) is 14.4 Å². The lowest BCUT2D eigenvalue weighted by Gasteiger charge is -2.22. The molecular formula is C16H18N4O4. The predicted octanol–water partition coefficient (Wildman–Crippen LogP) is -0.358. The number of carbonyl (C=O) groups is 4. The number of aldehydes is 1. The van der Waals surface area contributed by atoms with Gasteiger partial charge in [0.25, 0.3) is 5.91 Å². The van der Waals surface area contributed by atoms with Crippen molar-refractivity contribution in [2.45, 2.75) is 25.3 Å². The highest BCUT2D eigenvalue weighted by Crippen LogP contribution is 2.22. The molecule has 0 bridgehead atoms. The second-order valence-corrected chi connectivity index (χ2v) is 6.01. The van der Waals surface area contributed by atoms with E-state index in [4.69, 9.17) is 0 Å². The van der Waals surface area contributed by atoms with Crippen LogP contribution in [0.4, 0.5) is 5.69 Å². The number of hydrogen-bond acceptors (Lipinski definition) is 6. The van der Waals surface area contributed by atoms with Crippen LogP contribution in [0.3, 0.4) is 0 Å². The molecule has 2 aliphatic heterocycles. The SMILES string of the molecule is O=C[C@@H]1CCN(c2ccc(C(=O)N[C@H]3CCC(=O)NC3=O)nc2)C1. The number of imide groups is 1. The number of rotatable bonds is 4. The summed E-state index contributed by atoms with van der Waals surface area (Å²) in [5.74, 6) is -1.23. The maximum absolute atomic E-state index is 12.2. The lowest BCUT2D eigenvalue weighted by atomic mass is 10.1. The summed E-state index contributed by atoms with van der Waals surface area (Å²) in [7, 11) is 0. The predicted molar refractivity (Wildman–Crippen MR) is 84.3 cm³/mol. The monoisotopic (exact) mass is 330 g/mol. The Balaban J connectivity index is 1.61. The van der Waals surface area contributed by atoms with E-state index < -0.39 is 17.9 Å². The third-order valence-electron chi connectivity index (χ3n) is 4.31. The van der Waals surface area contributed by atoms with E-state index in [0.717, 1.165) is 24.9 Å². The first-order chi connectivity index (χ1) is 11.6. The smallest absolute Gasteiger partial charge is 0.270 e. The van der Waals surface area contributed by atoms with Gasteiger partial charge in [0, 0.05) is 25.4 Å². The van der Waals surface area contributed by atoms with Gasteiger partial charge in [-0.2, -0.15) is 0 Å². The van der Waals surface area contributed by atoms with E-state index in [1.165, 1.54) is 0 Å². The van der Waals surface area contributed by atoms with Crippen LogP contribution in [0.15, 0.2) is 18.3 Å². The summed E-state index contributed by atoms with van der Waals surface area (Å²) < 4.78 is 0. The summed E-state index contributed by atoms with van der Waals surface area (Å²) in [6, 6.07) is 2.65. The largest absolute Gasteiger partial charge is 0.370 e. The van der Waals surface area contributed by atoms with Crippen LogP contribution in [-0.4, -0.2) is 48.1 Å². The highest BCUT2D eigenvalue weighted by Gasteiger charge is 2.28. The normalized spacial score (nSPS) is 23.8. The Morgan fingerprint density at radius 1 is 1.33 bits per heavy atom. The van der Waals surface area contributed by atoms with Crippen molar-refractivity contribution < 1.29 is 19.2 Å². The molecule has 1 aromatic rings. The van der Waals surface area contributed by atoms with Crippen molar-refractivity contribution in [3.63, 3.8) is 0 Å². The molecule has 0 spiro atoms. The Labute approximate surface area is 138 Å². The second-order valence-electron chi connectivity index (χ2n) is 6.01. The van der Waals surface area contributed by atoms with Crippen LogP contribution in [0, 0.1) is 5.92 Å². The highest BCUT2D eigenvalue weighted by molar-refractivity contribution is 6.03. The van der Waals surface area contributed by atoms with Gasteiger partial charge in [-0.25, -0.2) is 4.98 Å². The van der Waals surface area contributed by atoms with E-state index in [9.17, 15) is 19.2 Å². The van der Waals surface area contributed by atoms with Gasteiger partial charge in [-0.1, -0.05) is 0 Å². The molecule has 0 aliphatic carbocycles. The maximum atomic E-state index is 12.2. The molecule has 0 aromatic carbocycles. The first kappa shape index (κ1) is 16.1. The van der Waals surface area contributed by atoms with Gasteiger partial charge in [-0.05, 0) is 25.0 Å². The number of amides is 3. The average molecular weight is 330 g/mol. The van der Waals surface area contributed by atoms with E-state index in [0.29, 0.717) is 6.54 Å². The summed E-state index contributed by atoms with van der Waals surface area (Å²) in [5, 5.41) is 4.78. The molecule has 0 unspecified atom stereocenters. The molecule has 2 saturated heterocycles. The summed E-state index contributed by atoms with van der Waals surface area (Å²) in [5.41, 5.74) is 1.06. The van der Waals surface area contributed by atoms with E-state index in [2.05, 4.69) is 15.6 Å². The highest BCUT2D eigenvalue weighted by atomic mass is 16.2. The number of nitrogens with one attached hydrogen (secondary N) is 2. The quantitative estimate of drug-likeness (QED) is 0.577. The Bertz CT molecular complexity index is 673. The minimum Gasteiger partial charge on any atom is -0.370 e. The summed E-state index contributed by atoms with van der Waals surface area (Å²) in [6.45, 7) is 1.44. The minimum absolute atomic E-state index is 0.0421. The van der Waals surface area contributed by atoms with E-state index in [1.807, 2.05) is 4.90 Å². The van der Waals surface area contributed by atoms with Crippen molar-refractivity contribution in [1.29, 1.82) is 0 Å². The molecule has 3 rings (SSSR count). The maximum Gasteiger partial charge on any atom is 0.270 e. The first-order valence-corrected chi connectivity index (χ1v) is 7.87. The third-order valence-corrected chi connectivity index (χ3v) is 4.31. The Morgan fingerprint density at radius 3 is 2.79 bits per heavy atom. The molecule has 2 aliphatic rings. The fraction of sp³-hybridized carbons (Fsp3) is 0.438. The van der Waals surface area contributed by atoms with Gasteiger partial charge in [0.1, 0.15) is 18.0 Å². The molecule has 3 amide bonds. The van der Waals surface area contributed by atoms with Gasteiger partial charge in [0.2, 0.25) is 11.8 Å². The molecule has 2 atom stereocenters. The number of anilines is 1. The van der Waals surface area contributed by atoms with E-state index >= 15 is 0 Å². The van der Waals surface area contributed by atoms with Gasteiger partial charge in [0.05, 0.1) is 11.9 Å². The van der Waals surface area contributed by atoms with Crippen LogP contribution in [0.1, 0.15) is 29.8 Å². The van der Waals surface area contributed by atoms with Gasteiger partial charge < -0.3 is 15.0 Å². The molecule has 8 nitrogen and oxygen atoms in total. The lowest BCUT2D eigenvalue weighted by molar-refractivity contribution is -0.134. The lowest BCUT2D eigenvalue weighted by Crippen LogP contribution is -2.52. The first-order valence-electron chi connectivity index (χ1n) is 7.87. The van der Waals surface area contributed by atoms with Crippen LogP contribution in [0.5, 0.6) is 0 Å². The summed E-state index contributed by atoms with van der Waals surface area (Å²) in [6.07, 6.45) is 3.87. The van der Waals surface area contributed by atoms with Crippen LogP contribution in [0.25, 0.3) is 0 Å². The molecule has 2 fully saturated rings. The zero-order valence-electron chi connectivity index (χ0n) is 13.0. The van der Waals surface area contributed by atoms with E-state index in [-0.39, 0.29) is 30.4 Å². The van der Waals surface area contributed by atoms with Gasteiger partial charge in [-0.3, -0.25) is 19.7 Å². The molecule has 24 heavy (non-hydrogen) atoms. The Morgan fingerprint density at radius 2 is 2.17 bits per heavy atom. The van der Waals surface area contributed by atoms with Crippen molar-refractivity contribution in [3.05, 3.63) is 24.0 Å². The van der Waals surface area contributed by atoms with Gasteiger partial charge in [-0.15, -0.1) is 0 Å². The fourth-order valence-electron chi connectivity index (χ4n) is 2.90. The van der Waals surface area contributed by atoms with E-state index in [1.54, 1.807) is 18.3 Å². The number of hydrogen-bond donors (Lipinski definition) is 2. The topological polar surface area (TPSA) is 108 Å². The van der Waals surface area contributed by atoms with Crippen molar-refractivity contribution in [1.82, 2.24) is 15.6 Å². The molecule has 0 radical (unpaired) electrons. The van der Waals surface area contributed by atoms with Crippen molar-refractivity contribution in [2.24, 2.45) is 5.92 Å². The molecule has 126 valence electrons. The number of carbonyl (C=O) groups excluding carboxylic acids is 4. The average Bonchev–Trinajstić information content (AvgIpc) is 3.06. The molecule has 1 aromatic heterocycles. The number of nitrogens with zero attached hydrogens (tertiary/aromatic N) is 2. The molecule has 8 heteroatoms. The van der Waals surface area contributed by atoms with Crippen LogP contribution < -0.4 is 15.5 Å². The molecule has 2 N–H and O–H groups in total. The Kier molecular flexibility index (Phi) is 4.54. The molecule has 3 heterocycles. The minimum atomic E-state index is -0.719. The van der Waals surface area contributed by atoms with Gasteiger partial charge in [0.15, 0.2) is 0 Å². The summed E-state index contributed by atoms with van der Waals surface area (Å²) in [4.78, 5) is 51.9. The molecule has 0 saturated carbocycles. The Hall–Kier alpha value is -2.77. The van der Waals surface area contributed by atoms with Crippen molar-refractivity contribution >= 4 is 29.7 Å². The van der Waals surface area contributed by atoms with Crippen molar-refractivity contribution in [2.75, 3.05) is 18.0 Å². The van der Waals surface area contributed by atoms with Crippen LogP contribution in [0.2, 0.25) is 0 Å². The number of piperidine rings is 1. The standard InChI is InChI=1S/C16H18N4O4/c21-9-10-5-6-20(8-10)11-1-2-12(17-7-11)15(23)18-13-3-4-14(22)19-16(13)24/h1-2,7,9-10,13H,3-6,8H2,(H,18,23)(H,19,22,24)/t10-,13+/m1/s1. The zero-order chi connectivity index (χ0) is 17.1. The number of aromatic nitrogens is 1. The van der Waals surface area contributed by atoms with Crippen LogP contribution >= 0.6 is 0 Å². The van der Waals surface area contributed by atoms with Gasteiger partial charge >= 0.3 is 0 Å². The zero-order valence-corrected chi connectivity index (χ0v) is 13.0. The van der Waals surface area contributed by atoms with Crippen molar-refractivity contribution in [3.8, 4) is 0 Å². The fourth-order valence-corrected chi connectivity index (χ4v) is 2.90. The summed E-state index contributed by atoms with van der Waals surface area (Å²) >= 11 is 0.